The second-order valence-corrected chi connectivity index (χ2v) is 8.99. The van der Waals surface area contributed by atoms with E-state index >= 15 is 0 Å². The molecular formula is C30H28O4. The van der Waals surface area contributed by atoms with Crippen molar-refractivity contribution in [2.24, 2.45) is 0 Å². The highest BCUT2D eigenvalue weighted by molar-refractivity contribution is 6.12. The Balaban J connectivity index is 1.61. The highest BCUT2D eigenvalue weighted by Gasteiger charge is 2.34. The number of rotatable bonds is 8. The summed E-state index contributed by atoms with van der Waals surface area (Å²) in [5.41, 5.74) is 9.52. The molecular weight excluding hydrogens is 424 g/mol. The molecule has 0 aliphatic heterocycles. The maximum absolute atomic E-state index is 9.31. The van der Waals surface area contributed by atoms with Gasteiger partial charge in [0.2, 0.25) is 0 Å². The summed E-state index contributed by atoms with van der Waals surface area (Å²) in [5.74, 6) is 0. The summed E-state index contributed by atoms with van der Waals surface area (Å²) in [4.78, 5) is 0. The Morgan fingerprint density at radius 2 is 0.941 bits per heavy atom. The molecule has 0 heterocycles. The molecule has 34 heavy (non-hydrogen) atoms. The SMILES string of the molecule is OCCCOC1c2ccccc2-c2ccc3c4c(ccc1c24)C(OCCCO)c1ccccc1-3. The van der Waals surface area contributed by atoms with Gasteiger partial charge in [-0.1, -0.05) is 72.8 Å². The quantitative estimate of drug-likeness (QED) is 0.333. The molecule has 2 N–H and O–H groups in total. The molecule has 0 fully saturated rings. The summed E-state index contributed by atoms with van der Waals surface area (Å²) in [6.07, 6.45) is 0.873. The fourth-order valence-electron chi connectivity index (χ4n) is 5.60. The van der Waals surface area contributed by atoms with Gasteiger partial charge in [0.15, 0.2) is 0 Å². The highest BCUT2D eigenvalue weighted by atomic mass is 16.5. The molecule has 0 saturated heterocycles. The number of hydrogen-bond acceptors (Lipinski definition) is 4. The first kappa shape index (κ1) is 21.5. The van der Waals surface area contributed by atoms with Crippen LogP contribution >= 0.6 is 0 Å². The first-order valence-corrected chi connectivity index (χ1v) is 12.1. The Hall–Kier alpha value is -3.02. The predicted molar refractivity (Wildman–Crippen MR) is 134 cm³/mol. The highest BCUT2D eigenvalue weighted by Crippen LogP contribution is 2.53. The van der Waals surface area contributed by atoms with E-state index in [2.05, 4.69) is 72.8 Å². The van der Waals surface area contributed by atoms with E-state index in [1.807, 2.05) is 0 Å². The number of ether oxygens (including phenoxy) is 2. The number of aliphatic hydroxyl groups is 2. The first-order chi connectivity index (χ1) is 16.8. The minimum absolute atomic E-state index is 0.118. The van der Waals surface area contributed by atoms with Crippen LogP contribution in [0.1, 0.15) is 47.3 Å². The van der Waals surface area contributed by atoms with Crippen LogP contribution in [0.3, 0.4) is 0 Å². The zero-order valence-electron chi connectivity index (χ0n) is 19.0. The lowest BCUT2D eigenvalue weighted by Gasteiger charge is -2.34. The zero-order valence-corrected chi connectivity index (χ0v) is 19.0. The standard InChI is InChI=1S/C30H28O4/c31-15-5-17-33-29-23-9-3-1-7-19(23)21-11-12-22-20-8-2-4-10-24(20)30(34-18-6-16-32)26-14-13-25(29)27(21)28(22)26/h1-4,7-14,29-32H,5-6,15-18H2. The van der Waals surface area contributed by atoms with Gasteiger partial charge in [-0.05, 0) is 68.1 Å². The smallest absolute Gasteiger partial charge is 0.109 e. The van der Waals surface area contributed by atoms with Gasteiger partial charge in [-0.25, -0.2) is 0 Å². The van der Waals surface area contributed by atoms with Gasteiger partial charge in [-0.2, -0.15) is 0 Å². The van der Waals surface area contributed by atoms with Crippen LogP contribution in [0.2, 0.25) is 0 Å². The van der Waals surface area contributed by atoms with Crippen LogP contribution in [0, 0.1) is 0 Å². The summed E-state index contributed by atoms with van der Waals surface area (Å²) in [5, 5.41) is 21.1. The van der Waals surface area contributed by atoms with Gasteiger partial charge in [0.25, 0.3) is 0 Å². The molecule has 2 aliphatic carbocycles. The Morgan fingerprint density at radius 3 is 1.38 bits per heavy atom. The molecule has 0 amide bonds. The first-order valence-electron chi connectivity index (χ1n) is 12.1. The average Bonchev–Trinajstić information content (AvgIpc) is 2.89. The van der Waals surface area contributed by atoms with E-state index in [1.165, 1.54) is 55.3 Å². The number of benzene rings is 4. The predicted octanol–water partition coefficient (Wildman–Crippen LogP) is 5.78. The largest absolute Gasteiger partial charge is 0.396 e. The van der Waals surface area contributed by atoms with Crippen molar-refractivity contribution < 1.29 is 19.7 Å². The van der Waals surface area contributed by atoms with E-state index in [-0.39, 0.29) is 25.4 Å². The molecule has 172 valence electrons. The molecule has 2 atom stereocenters. The minimum Gasteiger partial charge on any atom is -0.396 e. The van der Waals surface area contributed by atoms with Crippen LogP contribution in [-0.4, -0.2) is 36.6 Å². The lowest BCUT2D eigenvalue weighted by molar-refractivity contribution is 0.0673. The normalized spacial score (nSPS) is 17.5. The van der Waals surface area contributed by atoms with Crippen LogP contribution < -0.4 is 0 Å². The van der Waals surface area contributed by atoms with E-state index in [0.717, 1.165) is 0 Å². The summed E-state index contributed by atoms with van der Waals surface area (Å²) >= 11 is 0. The third-order valence-corrected chi connectivity index (χ3v) is 7.03. The number of fused-ring (bicyclic) bond motifs is 4. The van der Waals surface area contributed by atoms with Crippen molar-refractivity contribution in [3.05, 3.63) is 95.1 Å². The summed E-state index contributed by atoms with van der Waals surface area (Å²) in [7, 11) is 0. The van der Waals surface area contributed by atoms with Gasteiger partial charge in [-0.3, -0.25) is 0 Å². The Bertz CT molecular complexity index is 1260. The van der Waals surface area contributed by atoms with Gasteiger partial charge in [0, 0.05) is 13.2 Å². The molecule has 0 bridgehead atoms. The minimum atomic E-state index is -0.175. The maximum atomic E-state index is 9.31. The Kier molecular flexibility index (Phi) is 5.67. The Labute approximate surface area is 199 Å². The molecule has 0 spiro atoms. The third kappa shape index (κ3) is 3.29. The number of aliphatic hydroxyl groups excluding tert-OH is 2. The van der Waals surface area contributed by atoms with E-state index in [4.69, 9.17) is 9.47 Å². The molecule has 0 radical (unpaired) electrons. The fraction of sp³-hybridized carbons (Fsp3) is 0.267. The fourth-order valence-corrected chi connectivity index (χ4v) is 5.60. The topological polar surface area (TPSA) is 58.9 Å². The lowest BCUT2D eigenvalue weighted by atomic mass is 9.75. The Morgan fingerprint density at radius 1 is 0.500 bits per heavy atom. The second kappa shape index (κ2) is 8.97. The third-order valence-electron chi connectivity index (χ3n) is 7.03. The summed E-state index contributed by atoms with van der Waals surface area (Å²) in [6, 6.07) is 25.8. The van der Waals surface area contributed by atoms with E-state index in [1.54, 1.807) is 0 Å². The lowest BCUT2D eigenvalue weighted by Crippen LogP contribution is -2.18. The van der Waals surface area contributed by atoms with Gasteiger partial charge < -0.3 is 19.7 Å². The van der Waals surface area contributed by atoms with Gasteiger partial charge >= 0.3 is 0 Å². The molecule has 4 aromatic rings. The molecule has 4 nitrogen and oxygen atoms in total. The summed E-state index contributed by atoms with van der Waals surface area (Å²) in [6.45, 7) is 1.24. The second-order valence-electron chi connectivity index (χ2n) is 8.99. The van der Waals surface area contributed by atoms with Crippen LogP contribution in [0.5, 0.6) is 0 Å². The van der Waals surface area contributed by atoms with E-state index in [9.17, 15) is 10.2 Å². The van der Waals surface area contributed by atoms with Gasteiger partial charge in [0.1, 0.15) is 12.2 Å². The summed E-state index contributed by atoms with van der Waals surface area (Å²) < 4.78 is 12.8. The average molecular weight is 453 g/mol. The van der Waals surface area contributed by atoms with Crippen molar-refractivity contribution in [1.82, 2.24) is 0 Å². The molecule has 4 heteroatoms. The van der Waals surface area contributed by atoms with Crippen LogP contribution in [0.25, 0.3) is 33.0 Å². The van der Waals surface area contributed by atoms with Crippen molar-refractivity contribution in [2.75, 3.05) is 26.4 Å². The molecule has 0 saturated carbocycles. The zero-order chi connectivity index (χ0) is 23.1. The van der Waals surface area contributed by atoms with Crippen molar-refractivity contribution in [1.29, 1.82) is 0 Å². The van der Waals surface area contributed by atoms with Crippen molar-refractivity contribution in [2.45, 2.75) is 25.0 Å². The van der Waals surface area contributed by atoms with Gasteiger partial charge in [-0.15, -0.1) is 0 Å². The van der Waals surface area contributed by atoms with Gasteiger partial charge in [0.05, 0.1) is 13.2 Å². The van der Waals surface area contributed by atoms with Crippen molar-refractivity contribution >= 4 is 10.8 Å². The molecule has 6 rings (SSSR count). The van der Waals surface area contributed by atoms with Crippen LogP contribution in [-0.2, 0) is 9.47 Å². The van der Waals surface area contributed by atoms with Crippen LogP contribution in [0.15, 0.2) is 72.8 Å². The molecule has 2 aliphatic rings. The van der Waals surface area contributed by atoms with Crippen molar-refractivity contribution in [3.8, 4) is 22.3 Å². The molecule has 2 unspecified atom stereocenters. The van der Waals surface area contributed by atoms with E-state index in [0.29, 0.717) is 26.1 Å². The monoisotopic (exact) mass is 452 g/mol. The van der Waals surface area contributed by atoms with Crippen molar-refractivity contribution in [3.63, 3.8) is 0 Å². The molecule has 4 aromatic carbocycles. The molecule has 0 aromatic heterocycles. The number of hydrogen-bond donors (Lipinski definition) is 2. The van der Waals surface area contributed by atoms with Crippen LogP contribution in [0.4, 0.5) is 0 Å². The maximum Gasteiger partial charge on any atom is 0.109 e. The van der Waals surface area contributed by atoms with E-state index < -0.39 is 0 Å².